The Morgan fingerprint density at radius 1 is 0.703 bits per heavy atom. The molecule has 0 saturated carbocycles. The van der Waals surface area contributed by atoms with Crippen LogP contribution in [0.5, 0.6) is 0 Å². The van der Waals surface area contributed by atoms with E-state index in [0.29, 0.717) is 0 Å². The number of allylic oxidation sites excluding steroid dienone is 4. The molecule has 0 radical (unpaired) electrons. The molecular weight excluding hydrogens is 580 g/mol. The molecular formula is C35H44Br2. The molecule has 0 nitrogen and oxygen atoms in total. The summed E-state index contributed by atoms with van der Waals surface area (Å²) in [6.45, 7) is 9.70. The summed E-state index contributed by atoms with van der Waals surface area (Å²) in [6, 6.07) is 14.1. The molecule has 0 bridgehead atoms. The molecule has 2 aromatic carbocycles. The minimum absolute atomic E-state index is 0.106. The van der Waals surface area contributed by atoms with Crippen LogP contribution >= 0.6 is 31.9 Å². The van der Waals surface area contributed by atoms with E-state index in [2.05, 4.69) is 120 Å². The van der Waals surface area contributed by atoms with Crippen molar-refractivity contribution >= 4 is 31.9 Å². The third-order valence-corrected chi connectivity index (χ3v) is 10.9. The van der Waals surface area contributed by atoms with E-state index in [4.69, 9.17) is 0 Å². The molecule has 37 heavy (non-hydrogen) atoms. The van der Waals surface area contributed by atoms with Crippen LogP contribution in [0.1, 0.15) is 90.2 Å². The first-order chi connectivity index (χ1) is 17.8. The first-order valence-corrected chi connectivity index (χ1v) is 16.3. The molecule has 6 atom stereocenters. The van der Waals surface area contributed by atoms with E-state index >= 15 is 0 Å². The quantitative estimate of drug-likeness (QED) is 0.231. The van der Waals surface area contributed by atoms with Gasteiger partial charge in [-0.25, -0.2) is 0 Å². The summed E-state index contributed by atoms with van der Waals surface area (Å²) in [7, 11) is 0. The molecule has 3 aliphatic rings. The molecule has 3 aliphatic carbocycles. The Labute approximate surface area is 242 Å². The zero-order chi connectivity index (χ0) is 26.2. The van der Waals surface area contributed by atoms with Gasteiger partial charge in [-0.15, -0.1) is 0 Å². The number of fused-ring (bicyclic) bond motifs is 3. The monoisotopic (exact) mass is 622 g/mol. The third-order valence-electron chi connectivity index (χ3n) is 9.93. The smallest absolute Gasteiger partial charge is 0.0216 e. The van der Waals surface area contributed by atoms with Gasteiger partial charge in [-0.2, -0.15) is 0 Å². The lowest BCUT2D eigenvalue weighted by Gasteiger charge is -2.34. The van der Waals surface area contributed by atoms with E-state index in [0.717, 1.165) is 35.5 Å². The van der Waals surface area contributed by atoms with Crippen LogP contribution in [0, 0.1) is 35.5 Å². The van der Waals surface area contributed by atoms with Crippen molar-refractivity contribution in [2.24, 2.45) is 35.5 Å². The predicted octanol–water partition coefficient (Wildman–Crippen LogP) is 11.5. The van der Waals surface area contributed by atoms with Gasteiger partial charge in [-0.3, -0.25) is 0 Å². The second kappa shape index (κ2) is 11.5. The molecule has 0 aliphatic heterocycles. The number of hydrogen-bond acceptors (Lipinski definition) is 0. The van der Waals surface area contributed by atoms with Crippen LogP contribution in [-0.4, -0.2) is 0 Å². The molecule has 0 aromatic heterocycles. The summed E-state index contributed by atoms with van der Waals surface area (Å²) >= 11 is 7.67. The predicted molar refractivity (Wildman–Crippen MR) is 167 cm³/mol. The average Bonchev–Trinajstić information content (AvgIpc) is 3.56. The van der Waals surface area contributed by atoms with Crippen molar-refractivity contribution in [2.45, 2.75) is 84.5 Å². The van der Waals surface area contributed by atoms with Gasteiger partial charge in [0.25, 0.3) is 0 Å². The van der Waals surface area contributed by atoms with Crippen molar-refractivity contribution in [2.75, 3.05) is 0 Å². The Morgan fingerprint density at radius 2 is 1.14 bits per heavy atom. The number of benzene rings is 2. The molecule has 0 N–H and O–H groups in total. The highest BCUT2D eigenvalue weighted by Crippen LogP contribution is 2.55. The summed E-state index contributed by atoms with van der Waals surface area (Å²) in [5, 5.41) is 0. The minimum Gasteiger partial charge on any atom is -0.0854 e. The lowest BCUT2D eigenvalue weighted by Crippen LogP contribution is -2.26. The maximum Gasteiger partial charge on any atom is 0.0216 e. The highest BCUT2D eigenvalue weighted by Gasteiger charge is 2.43. The molecule has 0 spiro atoms. The van der Waals surface area contributed by atoms with E-state index in [1.54, 1.807) is 11.1 Å². The first kappa shape index (κ1) is 27.4. The lowest BCUT2D eigenvalue weighted by molar-refractivity contribution is 0.317. The molecule has 2 heteroatoms. The largest absolute Gasteiger partial charge is 0.0854 e. The molecule has 2 aromatic rings. The average molecular weight is 625 g/mol. The van der Waals surface area contributed by atoms with Crippen LogP contribution in [0.3, 0.4) is 0 Å². The Balaban J connectivity index is 1.39. The van der Waals surface area contributed by atoms with Crippen molar-refractivity contribution in [3.8, 4) is 11.1 Å². The zero-order valence-corrected chi connectivity index (χ0v) is 26.3. The van der Waals surface area contributed by atoms with Gasteiger partial charge < -0.3 is 0 Å². The van der Waals surface area contributed by atoms with Gasteiger partial charge in [-0.1, -0.05) is 122 Å². The summed E-state index contributed by atoms with van der Waals surface area (Å²) in [5.41, 5.74) is 6.12. The topological polar surface area (TPSA) is 0 Å². The van der Waals surface area contributed by atoms with Gasteiger partial charge in [0.15, 0.2) is 0 Å². The van der Waals surface area contributed by atoms with Gasteiger partial charge >= 0.3 is 0 Å². The highest BCUT2D eigenvalue weighted by atomic mass is 79.9. The summed E-state index contributed by atoms with van der Waals surface area (Å²) in [5.74, 6) is 4.56. The van der Waals surface area contributed by atoms with Crippen molar-refractivity contribution in [3.05, 3.63) is 80.8 Å². The number of rotatable bonds is 10. The van der Waals surface area contributed by atoms with Crippen LogP contribution in [0.25, 0.3) is 11.1 Å². The van der Waals surface area contributed by atoms with Crippen molar-refractivity contribution in [1.82, 2.24) is 0 Å². The Hall–Kier alpha value is -1.12. The van der Waals surface area contributed by atoms with Crippen LogP contribution in [0.15, 0.2) is 69.6 Å². The van der Waals surface area contributed by atoms with E-state index in [1.165, 1.54) is 71.4 Å². The molecule has 6 unspecified atom stereocenters. The summed E-state index contributed by atoms with van der Waals surface area (Å²) in [4.78, 5) is 0. The molecule has 0 fully saturated rings. The number of hydrogen-bond donors (Lipinski definition) is 0. The van der Waals surface area contributed by atoms with Gasteiger partial charge in [0.2, 0.25) is 0 Å². The van der Waals surface area contributed by atoms with Gasteiger partial charge in [0.05, 0.1) is 0 Å². The van der Waals surface area contributed by atoms with Crippen LogP contribution < -0.4 is 0 Å². The molecule has 0 heterocycles. The van der Waals surface area contributed by atoms with Gasteiger partial charge in [0, 0.05) is 14.4 Å². The standard InChI is InChI=1S/C35H44Br2/c1-23-9-11-27(19-23)25(3)7-5-17-35(18-6-8-26(4)28-12-10-24(2)20-28)33-21-29(36)13-15-31(33)32-16-14-30(37)22-34(32)35/h9-16,21-28H,5-8,17-20H2,1-4H3. The van der Waals surface area contributed by atoms with E-state index < -0.39 is 0 Å². The van der Waals surface area contributed by atoms with E-state index in [1.807, 2.05) is 0 Å². The molecule has 0 saturated heterocycles. The normalized spacial score (nSPS) is 26.9. The SMILES string of the molecule is CC1C=CC(C(C)CCCC2(CCCC(C)C3C=CC(C)C3)c3cc(Br)ccc3-c3ccc(Br)cc32)C1. The first-order valence-electron chi connectivity index (χ1n) is 14.7. The van der Waals surface area contributed by atoms with E-state index in [9.17, 15) is 0 Å². The fourth-order valence-corrected chi connectivity index (χ4v) is 8.39. The van der Waals surface area contributed by atoms with Crippen LogP contribution in [0.4, 0.5) is 0 Å². The van der Waals surface area contributed by atoms with Crippen LogP contribution in [0.2, 0.25) is 0 Å². The highest BCUT2D eigenvalue weighted by molar-refractivity contribution is 9.10. The summed E-state index contributed by atoms with van der Waals surface area (Å²) in [6.07, 6.45) is 20.2. The van der Waals surface area contributed by atoms with Gasteiger partial charge in [-0.05, 0) is 108 Å². The molecule has 198 valence electrons. The van der Waals surface area contributed by atoms with Crippen molar-refractivity contribution < 1.29 is 0 Å². The van der Waals surface area contributed by atoms with Crippen molar-refractivity contribution in [3.63, 3.8) is 0 Å². The Kier molecular flexibility index (Phi) is 8.57. The lowest BCUT2D eigenvalue weighted by atomic mass is 9.69. The maximum atomic E-state index is 3.83. The maximum absolute atomic E-state index is 3.83. The Morgan fingerprint density at radius 3 is 1.51 bits per heavy atom. The molecule has 5 rings (SSSR count). The van der Waals surface area contributed by atoms with Crippen LogP contribution in [-0.2, 0) is 5.41 Å². The Bertz CT molecular complexity index is 1070. The molecule has 0 amide bonds. The van der Waals surface area contributed by atoms with E-state index in [-0.39, 0.29) is 5.41 Å². The fraction of sp³-hybridized carbons (Fsp3) is 0.543. The fourth-order valence-electron chi connectivity index (χ4n) is 7.66. The minimum atomic E-state index is 0.106. The third kappa shape index (κ3) is 5.76. The summed E-state index contributed by atoms with van der Waals surface area (Å²) < 4.78 is 2.42. The van der Waals surface area contributed by atoms with Crippen molar-refractivity contribution in [1.29, 1.82) is 0 Å². The number of halogens is 2. The van der Waals surface area contributed by atoms with Gasteiger partial charge in [0.1, 0.15) is 0 Å². The second-order valence-corrected chi connectivity index (χ2v) is 14.6. The second-order valence-electron chi connectivity index (χ2n) is 12.7. The zero-order valence-electron chi connectivity index (χ0n) is 23.2.